The average molecular weight is 756 g/mol. The second-order valence-electron chi connectivity index (χ2n) is 9.14. The summed E-state index contributed by atoms with van der Waals surface area (Å²) < 4.78 is 69.3. The van der Waals surface area contributed by atoms with E-state index in [9.17, 15) is 43.2 Å². The monoisotopic (exact) mass is 756 g/mol. The van der Waals surface area contributed by atoms with Crippen molar-refractivity contribution in [3.05, 3.63) is 26.8 Å². The third kappa shape index (κ3) is 7.68. The molecule has 8 unspecified atom stereocenters. The quantitative estimate of drug-likeness (QED) is 0.102. The Morgan fingerprint density at radius 1 is 1.23 bits per heavy atom. The van der Waals surface area contributed by atoms with Gasteiger partial charge < -0.3 is 59.1 Å². The highest BCUT2D eigenvalue weighted by atomic mass is 32.1. The van der Waals surface area contributed by atoms with Crippen LogP contribution < -0.4 is 25.7 Å². The Bertz CT molecular complexity index is 1990. The molecule has 1 amide bonds. The van der Waals surface area contributed by atoms with Crippen molar-refractivity contribution in [2.75, 3.05) is 24.8 Å². The molecule has 47 heavy (non-hydrogen) atoms. The summed E-state index contributed by atoms with van der Waals surface area (Å²) in [6.45, 7) is -1.08. The minimum Gasteiger partial charge on any atom is -0.756 e. The summed E-state index contributed by atoms with van der Waals surface area (Å²) in [5.74, 6) is -1.99. The Kier molecular flexibility index (Phi) is 9.86. The molecule has 2 fully saturated rings. The lowest BCUT2D eigenvalue weighted by atomic mass is 10.1. The van der Waals surface area contributed by atoms with Crippen molar-refractivity contribution < 1.29 is 75.0 Å². The van der Waals surface area contributed by atoms with Gasteiger partial charge in [0.15, 0.2) is 16.8 Å². The van der Waals surface area contributed by atoms with E-state index in [4.69, 9.17) is 37.1 Å². The van der Waals surface area contributed by atoms with Crippen LogP contribution in [0.2, 0.25) is 0 Å². The molecule has 0 aliphatic carbocycles. The number of aromatic amines is 1. The topological polar surface area (TPSA) is 348 Å². The number of phosphoric ester groups is 1. The summed E-state index contributed by atoms with van der Waals surface area (Å²) >= 11 is 5.99. The molecule has 23 nitrogen and oxygen atoms in total. The van der Waals surface area contributed by atoms with Crippen LogP contribution >= 0.6 is 47.0 Å². The number of H-pyrrole nitrogens is 1. The number of esters is 1. The molecule has 2 aliphatic rings. The molecule has 5 heterocycles. The molecule has 254 valence electrons. The molecule has 5 N–H and O–H groups in total. The van der Waals surface area contributed by atoms with Crippen molar-refractivity contribution in [3.8, 4) is 6.07 Å². The number of hydrogen-bond acceptors (Lipinski definition) is 21. The van der Waals surface area contributed by atoms with Crippen molar-refractivity contribution in [2.24, 2.45) is 0 Å². The number of nitrogens with one attached hydrogen (secondary N) is 2. The van der Waals surface area contributed by atoms with Gasteiger partial charge in [0.25, 0.3) is 29.4 Å². The molecule has 0 bridgehead atoms. The summed E-state index contributed by atoms with van der Waals surface area (Å²) in [6.07, 6.45) is -5.99. The fraction of sp³-hybridized carbons (Fsp3) is 0.368. The lowest BCUT2D eigenvalue weighted by Crippen LogP contribution is -2.34. The van der Waals surface area contributed by atoms with E-state index in [-0.39, 0.29) is 37.9 Å². The summed E-state index contributed by atoms with van der Waals surface area (Å²) in [4.78, 5) is 79.1. The van der Waals surface area contributed by atoms with Crippen LogP contribution in [0, 0.1) is 16.0 Å². The fourth-order valence-corrected chi connectivity index (χ4v) is 8.41. The van der Waals surface area contributed by atoms with Gasteiger partial charge in [-0.3, -0.25) is 23.1 Å². The number of nitriles is 1. The van der Waals surface area contributed by atoms with Crippen molar-refractivity contribution in [1.29, 1.82) is 5.26 Å². The first-order valence-electron chi connectivity index (χ1n) is 12.2. The molecule has 3 aromatic heterocycles. The highest BCUT2D eigenvalue weighted by Gasteiger charge is 2.55. The second kappa shape index (κ2) is 13.1. The molecule has 0 radical (unpaired) electrons. The van der Waals surface area contributed by atoms with E-state index in [0.717, 1.165) is 18.4 Å². The smallest absolute Gasteiger partial charge is 0.350 e. The number of methoxy groups -OCH3 is 1. The number of imidazole rings is 1. The molecule has 5 rings (SSSR count). The standard InChI is InChI=1S/C19H20N7O16P3S2/c1-36-17(28)12-8(6(2-20)4-47-12)23-14(27)18-39-10-7(3-37-44(32,33)42-45(34,35)41-43(29,30)31)38-16(11(10)40-18)26-5-22-9-13(26)24-19(21)25-15(9)46/h4-5,7,10-11,16,18H,3H2,1H3,(H,23,27)(H,32,33)(H,34,35)(H2,29,30,31)(H3,21,24,25,46)/p-3. The first-order valence-corrected chi connectivity index (χ1v) is 17.9. The van der Waals surface area contributed by atoms with Gasteiger partial charge in [-0.05, 0) is 0 Å². The SMILES string of the molecule is COC(=O)c1scc(C#N)c1NC(=O)C1OC2C(COP(=O)([O-])OP(=O)([O-])OP(=O)([O-])O)OC(n3cnc4c(=S)nc(N)[nH]c43)C2O1. The van der Waals surface area contributed by atoms with Crippen molar-refractivity contribution >= 4 is 81.7 Å². The van der Waals surface area contributed by atoms with Gasteiger partial charge in [-0.2, -0.15) is 5.26 Å². The van der Waals surface area contributed by atoms with E-state index < -0.39 is 72.8 Å². The van der Waals surface area contributed by atoms with Gasteiger partial charge in [0, 0.05) is 5.38 Å². The number of nitrogens with two attached hydrogens (primary N) is 1. The second-order valence-corrected chi connectivity index (χ2v) is 14.7. The lowest BCUT2D eigenvalue weighted by Gasteiger charge is -2.33. The van der Waals surface area contributed by atoms with Crippen LogP contribution in [0.15, 0.2) is 11.7 Å². The number of aromatic nitrogens is 4. The molecular formula is C19H17N7O16P3S2-3. The fourth-order valence-electron chi connectivity index (χ4n) is 4.40. The van der Waals surface area contributed by atoms with Crippen molar-refractivity contribution in [2.45, 2.75) is 30.8 Å². The third-order valence-corrected chi connectivity index (χ3v) is 11.1. The minimum absolute atomic E-state index is 0.00467. The maximum absolute atomic E-state index is 13.2. The van der Waals surface area contributed by atoms with Gasteiger partial charge in [0.05, 0.1) is 31.3 Å². The summed E-state index contributed by atoms with van der Waals surface area (Å²) in [5.41, 5.74) is 5.80. The van der Waals surface area contributed by atoms with E-state index in [1.165, 1.54) is 16.3 Å². The molecule has 0 spiro atoms. The summed E-state index contributed by atoms with van der Waals surface area (Å²) in [7, 11) is -17.0. The average Bonchev–Trinajstić information content (AvgIpc) is 3.72. The number of carbonyl (C=O) groups is 2. The van der Waals surface area contributed by atoms with E-state index in [1.807, 2.05) is 6.07 Å². The van der Waals surface area contributed by atoms with Gasteiger partial charge in [-0.25, -0.2) is 23.4 Å². The third-order valence-electron chi connectivity index (χ3n) is 6.13. The molecule has 3 aromatic rings. The predicted molar refractivity (Wildman–Crippen MR) is 147 cm³/mol. The summed E-state index contributed by atoms with van der Waals surface area (Å²) in [5, 5.41) is 13.1. The van der Waals surface area contributed by atoms with Gasteiger partial charge in [-0.1, -0.05) is 12.2 Å². The van der Waals surface area contributed by atoms with Gasteiger partial charge in [0.2, 0.25) is 6.29 Å². The molecule has 28 heteroatoms. The van der Waals surface area contributed by atoms with Gasteiger partial charge >= 0.3 is 5.97 Å². The zero-order chi connectivity index (χ0) is 34.5. The number of nitrogen functional groups attached to an aromatic ring is 1. The maximum Gasteiger partial charge on any atom is 0.350 e. The Labute approximate surface area is 269 Å². The number of phosphoric acid groups is 3. The normalized spacial score (nSPS) is 26.1. The van der Waals surface area contributed by atoms with Crippen LogP contribution in [0.5, 0.6) is 0 Å². The van der Waals surface area contributed by atoms with Crippen LogP contribution in [-0.4, -0.2) is 74.6 Å². The number of fused-ring (bicyclic) bond motifs is 2. The highest BCUT2D eigenvalue weighted by Crippen LogP contribution is 2.61. The number of nitrogens with zero attached hydrogens (tertiary/aromatic N) is 4. The predicted octanol–water partition coefficient (Wildman–Crippen LogP) is -1.12. The number of rotatable bonds is 11. The van der Waals surface area contributed by atoms with E-state index in [0.29, 0.717) is 0 Å². The largest absolute Gasteiger partial charge is 0.756 e. The van der Waals surface area contributed by atoms with E-state index in [1.54, 1.807) is 0 Å². The molecule has 8 atom stereocenters. The molecule has 0 saturated carbocycles. The van der Waals surface area contributed by atoms with Gasteiger partial charge in [0.1, 0.15) is 40.4 Å². The van der Waals surface area contributed by atoms with Crippen LogP contribution in [0.1, 0.15) is 21.5 Å². The van der Waals surface area contributed by atoms with Crippen LogP contribution in [0.4, 0.5) is 11.6 Å². The lowest BCUT2D eigenvalue weighted by molar-refractivity contribution is -0.250. The molecule has 2 aliphatic heterocycles. The Balaban J connectivity index is 1.41. The number of thiophene rings is 1. The summed E-state index contributed by atoms with van der Waals surface area (Å²) in [6, 6.07) is 1.82. The number of carbonyl (C=O) groups excluding carboxylic acids is 2. The highest BCUT2D eigenvalue weighted by molar-refractivity contribution is 7.71. The number of ether oxygens (including phenoxy) is 4. The Morgan fingerprint density at radius 3 is 2.60 bits per heavy atom. The zero-order valence-electron chi connectivity index (χ0n) is 22.8. The van der Waals surface area contributed by atoms with Crippen LogP contribution in [-0.2, 0) is 50.6 Å². The first kappa shape index (κ1) is 35.3. The zero-order valence-corrected chi connectivity index (χ0v) is 27.2. The van der Waals surface area contributed by atoms with E-state index in [2.05, 4.69) is 38.2 Å². The Morgan fingerprint density at radius 2 is 1.94 bits per heavy atom. The maximum atomic E-state index is 13.2. The van der Waals surface area contributed by atoms with Crippen molar-refractivity contribution in [3.63, 3.8) is 0 Å². The first-order chi connectivity index (χ1) is 21.9. The van der Waals surface area contributed by atoms with Crippen molar-refractivity contribution in [1.82, 2.24) is 19.5 Å². The molecular weight excluding hydrogens is 739 g/mol. The molecule has 0 aromatic carbocycles. The Hall–Kier alpha value is -3.01. The number of hydrogen-bond donors (Lipinski definition) is 4. The van der Waals surface area contributed by atoms with Crippen LogP contribution in [0.25, 0.3) is 11.2 Å². The number of amides is 1. The minimum atomic E-state index is -6.20. The van der Waals surface area contributed by atoms with E-state index >= 15 is 0 Å². The number of anilines is 2. The van der Waals surface area contributed by atoms with Gasteiger partial charge in [-0.15, -0.1) is 11.3 Å². The molecule has 2 saturated heterocycles. The van der Waals surface area contributed by atoms with Crippen LogP contribution in [0.3, 0.4) is 0 Å².